The molecule has 166 valence electrons. The number of oxazole rings is 1. The Morgan fingerprint density at radius 2 is 1.78 bits per heavy atom. The Morgan fingerprint density at radius 3 is 2.47 bits per heavy atom. The Labute approximate surface area is 182 Å². The van der Waals surface area contributed by atoms with Crippen LogP contribution in [0.25, 0.3) is 11.3 Å². The Hall–Kier alpha value is -3.88. The predicted octanol–water partition coefficient (Wildman–Crippen LogP) is 4.33. The van der Waals surface area contributed by atoms with Crippen molar-refractivity contribution in [3.05, 3.63) is 71.8 Å². The first kappa shape index (κ1) is 22.8. The second kappa shape index (κ2) is 9.95. The van der Waals surface area contributed by atoms with Gasteiger partial charge in [0, 0.05) is 12.0 Å². The number of esters is 1. The van der Waals surface area contributed by atoms with Gasteiger partial charge < -0.3 is 14.5 Å². The monoisotopic (exact) mass is 442 g/mol. The van der Waals surface area contributed by atoms with Gasteiger partial charge in [0.25, 0.3) is 5.91 Å². The van der Waals surface area contributed by atoms with E-state index in [0.29, 0.717) is 11.3 Å². The number of benzene rings is 2. The molecule has 1 heterocycles. The number of amides is 1. The highest BCUT2D eigenvalue weighted by Crippen LogP contribution is 2.26. The third-order valence-corrected chi connectivity index (χ3v) is 4.55. The van der Waals surface area contributed by atoms with E-state index in [-0.39, 0.29) is 35.8 Å². The SMILES string of the molecule is CC(=O)c1ccccc1NC(=O)C(C)OC(=O)CCc1ncc(-c2c(F)cccc2F)o1. The molecule has 1 amide bonds. The maximum Gasteiger partial charge on any atom is 0.307 e. The van der Waals surface area contributed by atoms with Crippen LogP contribution in [0.15, 0.2) is 53.1 Å². The van der Waals surface area contributed by atoms with Gasteiger partial charge in [-0.15, -0.1) is 0 Å². The summed E-state index contributed by atoms with van der Waals surface area (Å²) in [7, 11) is 0. The molecule has 32 heavy (non-hydrogen) atoms. The van der Waals surface area contributed by atoms with Gasteiger partial charge in [-0.2, -0.15) is 0 Å². The summed E-state index contributed by atoms with van der Waals surface area (Å²) in [6.45, 7) is 2.77. The fourth-order valence-electron chi connectivity index (χ4n) is 2.93. The van der Waals surface area contributed by atoms with Gasteiger partial charge in [0.1, 0.15) is 11.6 Å². The van der Waals surface area contributed by atoms with Gasteiger partial charge in [-0.3, -0.25) is 14.4 Å². The normalized spacial score (nSPS) is 11.6. The molecule has 1 aromatic heterocycles. The van der Waals surface area contributed by atoms with Crippen molar-refractivity contribution in [1.82, 2.24) is 4.98 Å². The van der Waals surface area contributed by atoms with Crippen LogP contribution in [0.2, 0.25) is 0 Å². The number of carbonyl (C=O) groups excluding carboxylic acids is 3. The Kier molecular flexibility index (Phi) is 7.09. The number of aromatic nitrogens is 1. The maximum absolute atomic E-state index is 13.8. The highest BCUT2D eigenvalue weighted by molar-refractivity contribution is 6.04. The van der Waals surface area contributed by atoms with Gasteiger partial charge in [0.15, 0.2) is 23.5 Å². The minimum Gasteiger partial charge on any atom is -0.453 e. The van der Waals surface area contributed by atoms with E-state index >= 15 is 0 Å². The number of nitrogens with zero attached hydrogens (tertiary/aromatic N) is 1. The van der Waals surface area contributed by atoms with Crippen molar-refractivity contribution >= 4 is 23.3 Å². The lowest BCUT2D eigenvalue weighted by molar-refractivity contribution is -0.153. The third kappa shape index (κ3) is 5.42. The predicted molar refractivity (Wildman–Crippen MR) is 111 cm³/mol. The average Bonchev–Trinajstić information content (AvgIpc) is 3.21. The molecule has 3 aromatic rings. The molecular weight excluding hydrogens is 422 g/mol. The zero-order valence-electron chi connectivity index (χ0n) is 17.4. The Morgan fingerprint density at radius 1 is 1.09 bits per heavy atom. The van der Waals surface area contributed by atoms with E-state index < -0.39 is 29.6 Å². The molecule has 9 heteroatoms. The summed E-state index contributed by atoms with van der Waals surface area (Å²) in [4.78, 5) is 40.0. The van der Waals surface area contributed by atoms with Gasteiger partial charge in [-0.1, -0.05) is 18.2 Å². The van der Waals surface area contributed by atoms with Crippen LogP contribution in [0.3, 0.4) is 0 Å². The highest BCUT2D eigenvalue weighted by atomic mass is 19.1. The number of anilines is 1. The minimum absolute atomic E-state index is 0.0103. The van der Waals surface area contributed by atoms with E-state index in [1.807, 2.05) is 0 Å². The second-order valence-corrected chi connectivity index (χ2v) is 6.94. The number of para-hydroxylation sites is 1. The number of halogens is 2. The van der Waals surface area contributed by atoms with E-state index in [9.17, 15) is 23.2 Å². The second-order valence-electron chi connectivity index (χ2n) is 6.94. The van der Waals surface area contributed by atoms with Crippen molar-refractivity contribution in [3.8, 4) is 11.3 Å². The molecule has 0 radical (unpaired) electrons. The van der Waals surface area contributed by atoms with Crippen molar-refractivity contribution in [2.24, 2.45) is 0 Å². The smallest absolute Gasteiger partial charge is 0.307 e. The number of carbonyl (C=O) groups is 3. The van der Waals surface area contributed by atoms with Gasteiger partial charge >= 0.3 is 5.97 Å². The minimum atomic E-state index is -1.12. The van der Waals surface area contributed by atoms with E-state index in [1.165, 1.54) is 26.1 Å². The molecule has 1 N–H and O–H groups in total. The van der Waals surface area contributed by atoms with E-state index in [0.717, 1.165) is 12.1 Å². The Bertz CT molecular complexity index is 1140. The van der Waals surface area contributed by atoms with Crippen LogP contribution in [-0.2, 0) is 20.7 Å². The Balaban J connectivity index is 1.55. The fourth-order valence-corrected chi connectivity index (χ4v) is 2.93. The van der Waals surface area contributed by atoms with Crippen molar-refractivity contribution in [2.45, 2.75) is 32.8 Å². The molecule has 0 saturated heterocycles. The number of hydrogen-bond donors (Lipinski definition) is 1. The number of ether oxygens (including phenoxy) is 1. The number of ketones is 1. The molecular formula is C23H20F2N2O5. The average molecular weight is 442 g/mol. The van der Waals surface area contributed by atoms with Gasteiger partial charge in [0.05, 0.1) is 23.9 Å². The number of aryl methyl sites for hydroxylation is 1. The van der Waals surface area contributed by atoms with Crippen molar-refractivity contribution in [2.75, 3.05) is 5.32 Å². The fraction of sp³-hybridized carbons (Fsp3) is 0.217. The third-order valence-electron chi connectivity index (χ3n) is 4.55. The summed E-state index contributed by atoms with van der Waals surface area (Å²) in [5, 5.41) is 2.56. The lowest BCUT2D eigenvalue weighted by atomic mass is 10.1. The van der Waals surface area contributed by atoms with E-state index in [1.54, 1.807) is 24.3 Å². The quantitative estimate of drug-likeness (QED) is 0.412. The highest BCUT2D eigenvalue weighted by Gasteiger charge is 2.21. The molecule has 0 saturated carbocycles. The molecule has 1 atom stereocenters. The summed E-state index contributed by atoms with van der Waals surface area (Å²) < 4.78 is 38.1. The molecule has 2 aromatic carbocycles. The van der Waals surface area contributed by atoms with Crippen LogP contribution < -0.4 is 5.32 Å². The summed E-state index contributed by atoms with van der Waals surface area (Å²) in [5.41, 5.74) is 0.316. The maximum atomic E-state index is 13.8. The van der Waals surface area contributed by atoms with Crippen molar-refractivity contribution < 1.29 is 32.3 Å². The topological polar surface area (TPSA) is 98.5 Å². The van der Waals surface area contributed by atoms with Crippen LogP contribution >= 0.6 is 0 Å². The van der Waals surface area contributed by atoms with Crippen LogP contribution in [0.1, 0.15) is 36.5 Å². The molecule has 0 fully saturated rings. The first-order valence-corrected chi connectivity index (χ1v) is 9.75. The molecule has 0 aliphatic carbocycles. The van der Waals surface area contributed by atoms with Gasteiger partial charge in [-0.25, -0.2) is 13.8 Å². The first-order chi connectivity index (χ1) is 15.3. The number of nitrogens with one attached hydrogen (secondary N) is 1. The zero-order valence-corrected chi connectivity index (χ0v) is 17.4. The van der Waals surface area contributed by atoms with Gasteiger partial charge in [0.2, 0.25) is 0 Å². The number of hydrogen-bond acceptors (Lipinski definition) is 6. The molecule has 0 spiro atoms. The van der Waals surface area contributed by atoms with Crippen LogP contribution in [0.5, 0.6) is 0 Å². The number of rotatable bonds is 8. The molecule has 3 rings (SSSR count). The standard InChI is InChI=1S/C23H20F2N2O5/c1-13(28)15-6-3-4-9-18(15)27-23(30)14(2)31-21(29)11-10-20-26-12-19(32-20)22-16(24)7-5-8-17(22)25/h3-9,12,14H,10-11H2,1-2H3,(H,27,30). The van der Waals surface area contributed by atoms with Crippen molar-refractivity contribution in [3.63, 3.8) is 0 Å². The summed E-state index contributed by atoms with van der Waals surface area (Å²) in [5.74, 6) is -3.10. The first-order valence-electron chi connectivity index (χ1n) is 9.75. The lowest BCUT2D eigenvalue weighted by Gasteiger charge is -2.14. The summed E-state index contributed by atoms with van der Waals surface area (Å²) in [6, 6.07) is 9.91. The van der Waals surface area contributed by atoms with Crippen LogP contribution in [-0.4, -0.2) is 28.7 Å². The molecule has 0 bridgehead atoms. The number of Topliss-reactive ketones (excluding diaryl/α,β-unsaturated/α-hetero) is 1. The van der Waals surface area contributed by atoms with E-state index in [2.05, 4.69) is 10.3 Å². The molecule has 1 unspecified atom stereocenters. The van der Waals surface area contributed by atoms with Crippen molar-refractivity contribution in [1.29, 1.82) is 0 Å². The molecule has 0 aliphatic heterocycles. The molecule has 0 aliphatic rings. The van der Waals surface area contributed by atoms with Crippen LogP contribution in [0, 0.1) is 11.6 Å². The van der Waals surface area contributed by atoms with Crippen LogP contribution in [0.4, 0.5) is 14.5 Å². The summed E-state index contributed by atoms with van der Waals surface area (Å²) >= 11 is 0. The summed E-state index contributed by atoms with van der Waals surface area (Å²) in [6.07, 6.45) is -0.0993. The zero-order chi connectivity index (χ0) is 23.3. The van der Waals surface area contributed by atoms with E-state index in [4.69, 9.17) is 9.15 Å². The molecule has 7 nitrogen and oxygen atoms in total. The lowest BCUT2D eigenvalue weighted by Crippen LogP contribution is -2.30. The largest absolute Gasteiger partial charge is 0.453 e. The van der Waals surface area contributed by atoms with Gasteiger partial charge in [-0.05, 0) is 38.1 Å².